The van der Waals surface area contributed by atoms with Gasteiger partial charge in [0, 0.05) is 24.4 Å². The number of aryl methyl sites for hydroxylation is 1. The van der Waals surface area contributed by atoms with Gasteiger partial charge in [-0.05, 0) is 33.6 Å². The average Bonchev–Trinajstić information content (AvgIpc) is 2.13. The minimum atomic E-state index is -0.0659. The Hall–Kier alpha value is -1.36. The molecule has 1 aliphatic rings. The highest BCUT2D eigenvalue weighted by molar-refractivity contribution is 5.41. The van der Waals surface area contributed by atoms with Gasteiger partial charge in [0.2, 0.25) is 5.95 Å². The summed E-state index contributed by atoms with van der Waals surface area (Å²) in [6.45, 7) is 6.92. The normalized spacial score (nSPS) is 23.4. The van der Waals surface area contributed by atoms with E-state index in [0.717, 1.165) is 31.0 Å². The van der Waals surface area contributed by atoms with E-state index in [-0.39, 0.29) is 5.60 Å². The summed E-state index contributed by atoms with van der Waals surface area (Å²) in [5, 5.41) is 3.41. The second-order valence-electron chi connectivity index (χ2n) is 5.19. The Morgan fingerprint density at radius 1 is 1.47 bits per heavy atom. The van der Waals surface area contributed by atoms with Gasteiger partial charge in [-0.15, -0.1) is 0 Å². The van der Waals surface area contributed by atoms with E-state index < -0.39 is 0 Å². The van der Waals surface area contributed by atoms with Crippen molar-refractivity contribution < 1.29 is 4.74 Å². The molecule has 1 aromatic rings. The lowest BCUT2D eigenvalue weighted by molar-refractivity contribution is -0.0553. The summed E-state index contributed by atoms with van der Waals surface area (Å²) >= 11 is 0. The zero-order valence-corrected chi connectivity index (χ0v) is 10.7. The molecule has 2 heterocycles. The molecule has 0 bridgehead atoms. The van der Waals surface area contributed by atoms with Crippen LogP contribution in [0.25, 0.3) is 0 Å². The summed E-state index contributed by atoms with van der Waals surface area (Å²) < 4.78 is 5.68. The Morgan fingerprint density at radius 3 is 2.88 bits per heavy atom. The smallest absolute Gasteiger partial charge is 0.222 e. The van der Waals surface area contributed by atoms with Gasteiger partial charge in [0.1, 0.15) is 5.82 Å². The van der Waals surface area contributed by atoms with Crippen LogP contribution in [0, 0.1) is 6.92 Å². The van der Waals surface area contributed by atoms with E-state index in [2.05, 4.69) is 29.1 Å². The van der Waals surface area contributed by atoms with Gasteiger partial charge in [-0.25, -0.2) is 4.98 Å². The minimum absolute atomic E-state index is 0.0659. The third kappa shape index (κ3) is 3.30. The molecular formula is C12H20N4O. The van der Waals surface area contributed by atoms with E-state index in [9.17, 15) is 0 Å². The van der Waals surface area contributed by atoms with Gasteiger partial charge < -0.3 is 15.8 Å². The van der Waals surface area contributed by atoms with E-state index in [1.54, 1.807) is 0 Å². The maximum absolute atomic E-state index is 5.68. The van der Waals surface area contributed by atoms with Crippen LogP contribution in [0.1, 0.15) is 32.4 Å². The molecule has 0 radical (unpaired) electrons. The lowest BCUT2D eigenvalue weighted by Crippen LogP contribution is -2.40. The molecule has 0 saturated carbocycles. The molecule has 0 spiro atoms. The number of nitrogens with zero attached hydrogens (tertiary/aromatic N) is 2. The highest BCUT2D eigenvalue weighted by atomic mass is 16.5. The van der Waals surface area contributed by atoms with E-state index in [1.807, 2.05) is 13.0 Å². The van der Waals surface area contributed by atoms with Crippen molar-refractivity contribution in [3.8, 4) is 0 Å². The molecule has 1 fully saturated rings. The van der Waals surface area contributed by atoms with Crippen LogP contribution in [0.15, 0.2) is 6.07 Å². The molecule has 1 aliphatic heterocycles. The number of nitrogens with two attached hydrogens (primary N) is 1. The van der Waals surface area contributed by atoms with Gasteiger partial charge in [0.25, 0.3) is 0 Å². The third-order valence-corrected chi connectivity index (χ3v) is 2.92. The first-order valence-electron chi connectivity index (χ1n) is 5.96. The van der Waals surface area contributed by atoms with Crippen molar-refractivity contribution >= 4 is 11.8 Å². The summed E-state index contributed by atoms with van der Waals surface area (Å²) in [4.78, 5) is 8.25. The van der Waals surface area contributed by atoms with Crippen LogP contribution >= 0.6 is 0 Å². The predicted octanol–water partition coefficient (Wildman–Crippen LogP) is 1.74. The topological polar surface area (TPSA) is 73.1 Å². The van der Waals surface area contributed by atoms with Crippen LogP contribution < -0.4 is 11.1 Å². The Kier molecular flexibility index (Phi) is 3.19. The molecule has 5 heteroatoms. The maximum atomic E-state index is 5.68. The van der Waals surface area contributed by atoms with Gasteiger partial charge in [-0.2, -0.15) is 4.98 Å². The molecule has 3 N–H and O–H groups in total. The van der Waals surface area contributed by atoms with Gasteiger partial charge in [0.15, 0.2) is 0 Å². The number of anilines is 2. The number of ether oxygens (including phenoxy) is 1. The predicted molar refractivity (Wildman–Crippen MR) is 67.9 cm³/mol. The lowest BCUT2D eigenvalue weighted by Gasteiger charge is -2.36. The largest absolute Gasteiger partial charge is 0.375 e. The second-order valence-corrected chi connectivity index (χ2v) is 5.19. The van der Waals surface area contributed by atoms with Gasteiger partial charge >= 0.3 is 0 Å². The molecule has 94 valence electrons. The molecule has 2 rings (SSSR count). The minimum Gasteiger partial charge on any atom is -0.375 e. The summed E-state index contributed by atoms with van der Waals surface area (Å²) in [5.41, 5.74) is 6.45. The summed E-state index contributed by atoms with van der Waals surface area (Å²) in [5.74, 6) is 1.12. The van der Waals surface area contributed by atoms with Crippen molar-refractivity contribution in [2.24, 2.45) is 0 Å². The zero-order valence-electron chi connectivity index (χ0n) is 10.7. The number of nitrogens with one attached hydrogen (secondary N) is 1. The zero-order chi connectivity index (χ0) is 12.5. The van der Waals surface area contributed by atoms with Crippen LogP contribution in [0.2, 0.25) is 0 Å². The van der Waals surface area contributed by atoms with Crippen LogP contribution in [0.4, 0.5) is 11.8 Å². The summed E-state index contributed by atoms with van der Waals surface area (Å²) in [6.07, 6.45) is 1.96. The fourth-order valence-electron chi connectivity index (χ4n) is 2.23. The van der Waals surface area contributed by atoms with E-state index in [4.69, 9.17) is 10.5 Å². The number of rotatable bonds is 2. The number of nitrogen functional groups attached to an aromatic ring is 1. The molecule has 1 atom stereocenters. The number of aromatic nitrogens is 2. The van der Waals surface area contributed by atoms with Gasteiger partial charge in [-0.1, -0.05) is 0 Å². The molecular weight excluding hydrogens is 216 g/mol. The number of hydrogen-bond donors (Lipinski definition) is 2. The van der Waals surface area contributed by atoms with E-state index in [1.165, 1.54) is 0 Å². The average molecular weight is 236 g/mol. The highest BCUT2D eigenvalue weighted by Gasteiger charge is 2.28. The van der Waals surface area contributed by atoms with E-state index >= 15 is 0 Å². The molecule has 0 aliphatic carbocycles. The van der Waals surface area contributed by atoms with E-state index in [0.29, 0.717) is 12.0 Å². The van der Waals surface area contributed by atoms with Crippen molar-refractivity contribution in [3.05, 3.63) is 11.8 Å². The molecule has 17 heavy (non-hydrogen) atoms. The van der Waals surface area contributed by atoms with Crippen LogP contribution in [-0.2, 0) is 4.74 Å². The van der Waals surface area contributed by atoms with Gasteiger partial charge in [0.05, 0.1) is 5.60 Å². The third-order valence-electron chi connectivity index (χ3n) is 2.92. The van der Waals surface area contributed by atoms with Crippen molar-refractivity contribution in [1.82, 2.24) is 9.97 Å². The fourth-order valence-corrected chi connectivity index (χ4v) is 2.23. The van der Waals surface area contributed by atoms with Crippen molar-refractivity contribution in [1.29, 1.82) is 0 Å². The maximum Gasteiger partial charge on any atom is 0.222 e. The first kappa shape index (κ1) is 12.1. The molecule has 1 saturated heterocycles. The SMILES string of the molecule is Cc1cc(NC2CCOC(C)(C)C2)nc(N)n1. The Labute approximate surface area is 102 Å². The Balaban J connectivity index is 2.05. The Bertz CT molecular complexity index is 385. The summed E-state index contributed by atoms with van der Waals surface area (Å²) in [6, 6.07) is 2.30. The van der Waals surface area contributed by atoms with Crippen LogP contribution in [-0.4, -0.2) is 28.2 Å². The summed E-state index contributed by atoms with van der Waals surface area (Å²) in [7, 11) is 0. The van der Waals surface area contributed by atoms with Crippen LogP contribution in [0.5, 0.6) is 0 Å². The highest BCUT2D eigenvalue weighted by Crippen LogP contribution is 2.26. The number of hydrogen-bond acceptors (Lipinski definition) is 5. The van der Waals surface area contributed by atoms with Gasteiger partial charge in [-0.3, -0.25) is 0 Å². The Morgan fingerprint density at radius 2 is 2.24 bits per heavy atom. The molecule has 5 nitrogen and oxygen atoms in total. The first-order chi connectivity index (χ1) is 7.94. The fraction of sp³-hybridized carbons (Fsp3) is 0.667. The lowest BCUT2D eigenvalue weighted by atomic mass is 9.94. The quantitative estimate of drug-likeness (QED) is 0.818. The molecule has 1 unspecified atom stereocenters. The molecule has 0 amide bonds. The van der Waals surface area contributed by atoms with Crippen LogP contribution in [0.3, 0.4) is 0 Å². The first-order valence-corrected chi connectivity index (χ1v) is 5.96. The monoisotopic (exact) mass is 236 g/mol. The standard InChI is InChI=1S/C12H20N4O/c1-8-6-10(16-11(13)14-8)15-9-4-5-17-12(2,3)7-9/h6,9H,4-5,7H2,1-3H3,(H3,13,14,15,16). The van der Waals surface area contributed by atoms with Crippen molar-refractivity contribution in [2.45, 2.75) is 45.3 Å². The van der Waals surface area contributed by atoms with Crippen molar-refractivity contribution in [3.63, 3.8) is 0 Å². The molecule has 1 aromatic heterocycles. The second kappa shape index (κ2) is 4.49. The molecule has 0 aromatic carbocycles. The van der Waals surface area contributed by atoms with Crippen molar-refractivity contribution in [2.75, 3.05) is 17.7 Å².